The molecule has 0 radical (unpaired) electrons. The lowest BCUT2D eigenvalue weighted by molar-refractivity contribution is -0.119. The fraction of sp³-hybridized carbons (Fsp3) is 0.222. The standard InChI is InChI=1S/C18H19ClN4O/c1-11(5-3-6-12(2)19)15-13-7-4-8-14-16(13)23(10-9-21-14)18(24)17(20)22-15/h3-8,17,21H,2,9-10,20H2,1H3. The van der Waals surface area contributed by atoms with Crippen LogP contribution in [0, 0.1) is 0 Å². The molecule has 6 heteroatoms. The summed E-state index contributed by atoms with van der Waals surface area (Å²) in [6.45, 7) is 6.82. The van der Waals surface area contributed by atoms with Crippen LogP contribution in [0.2, 0.25) is 0 Å². The van der Waals surface area contributed by atoms with Gasteiger partial charge in [0.25, 0.3) is 5.91 Å². The second kappa shape index (κ2) is 6.63. The van der Waals surface area contributed by atoms with E-state index in [2.05, 4.69) is 16.9 Å². The first-order valence-electron chi connectivity index (χ1n) is 7.71. The maximum absolute atomic E-state index is 12.6. The van der Waals surface area contributed by atoms with Gasteiger partial charge in [-0.3, -0.25) is 9.79 Å². The molecule has 2 aliphatic heterocycles. The van der Waals surface area contributed by atoms with E-state index in [0.717, 1.165) is 22.5 Å². The molecule has 1 amide bonds. The number of carbonyl (C=O) groups is 1. The normalized spacial score (nSPS) is 20.4. The van der Waals surface area contributed by atoms with E-state index in [9.17, 15) is 4.79 Å². The highest BCUT2D eigenvalue weighted by atomic mass is 35.5. The van der Waals surface area contributed by atoms with Crippen LogP contribution in [0.3, 0.4) is 0 Å². The molecule has 1 atom stereocenters. The Morgan fingerprint density at radius 3 is 3.08 bits per heavy atom. The molecule has 3 rings (SSSR count). The van der Waals surface area contributed by atoms with Crippen molar-refractivity contribution in [2.75, 3.05) is 23.3 Å². The average Bonchev–Trinajstić information content (AvgIpc) is 2.67. The monoisotopic (exact) mass is 342 g/mol. The molecule has 5 nitrogen and oxygen atoms in total. The molecule has 1 aromatic rings. The number of halogens is 1. The van der Waals surface area contributed by atoms with Crippen molar-refractivity contribution in [3.05, 3.63) is 59.2 Å². The lowest BCUT2D eigenvalue weighted by atomic mass is 9.99. The van der Waals surface area contributed by atoms with E-state index in [1.807, 2.05) is 31.2 Å². The van der Waals surface area contributed by atoms with Crippen molar-refractivity contribution in [3.63, 3.8) is 0 Å². The molecule has 3 N–H and O–H groups in total. The molecule has 24 heavy (non-hydrogen) atoms. The largest absolute Gasteiger partial charge is 0.382 e. The van der Waals surface area contributed by atoms with Crippen LogP contribution in [0.15, 0.2) is 58.6 Å². The SMILES string of the molecule is C=C(Cl)C=CC=C(C)C1=NC(N)C(=O)N2CCNc3cccc1c32. The van der Waals surface area contributed by atoms with Crippen molar-refractivity contribution >= 4 is 34.6 Å². The zero-order chi connectivity index (χ0) is 17.3. The first-order chi connectivity index (χ1) is 11.5. The summed E-state index contributed by atoms with van der Waals surface area (Å²) in [6, 6.07) is 5.87. The van der Waals surface area contributed by atoms with Gasteiger partial charge in [0.15, 0.2) is 6.17 Å². The van der Waals surface area contributed by atoms with Crippen molar-refractivity contribution in [1.82, 2.24) is 0 Å². The molecule has 2 heterocycles. The third-order valence-corrected chi connectivity index (χ3v) is 4.12. The Morgan fingerprint density at radius 2 is 2.33 bits per heavy atom. The number of nitrogens with one attached hydrogen (secondary N) is 1. The van der Waals surface area contributed by atoms with E-state index in [-0.39, 0.29) is 5.91 Å². The Bertz CT molecular complexity index is 794. The molecule has 1 aromatic carbocycles. The van der Waals surface area contributed by atoms with Crippen LogP contribution in [-0.4, -0.2) is 30.9 Å². The highest BCUT2D eigenvalue weighted by molar-refractivity contribution is 6.30. The van der Waals surface area contributed by atoms with E-state index in [1.165, 1.54) is 0 Å². The molecule has 0 saturated carbocycles. The minimum absolute atomic E-state index is 0.183. The Kier molecular flexibility index (Phi) is 4.55. The number of allylic oxidation sites excluding steroid dienone is 5. The van der Waals surface area contributed by atoms with E-state index in [1.54, 1.807) is 17.1 Å². The number of hydrogen-bond donors (Lipinski definition) is 2. The summed E-state index contributed by atoms with van der Waals surface area (Å²) in [5.74, 6) is -0.183. The Labute approximate surface area is 146 Å². The predicted molar refractivity (Wildman–Crippen MR) is 99.7 cm³/mol. The van der Waals surface area contributed by atoms with E-state index < -0.39 is 6.17 Å². The molecule has 0 aromatic heterocycles. The van der Waals surface area contributed by atoms with Gasteiger partial charge in [-0.05, 0) is 24.6 Å². The zero-order valence-corrected chi connectivity index (χ0v) is 14.2. The van der Waals surface area contributed by atoms with Gasteiger partial charge in [0.2, 0.25) is 0 Å². The topological polar surface area (TPSA) is 70.7 Å². The second-order valence-corrected chi connectivity index (χ2v) is 6.18. The lowest BCUT2D eigenvalue weighted by Gasteiger charge is -2.31. The first-order valence-corrected chi connectivity index (χ1v) is 8.08. The maximum atomic E-state index is 12.6. The summed E-state index contributed by atoms with van der Waals surface area (Å²) >= 11 is 5.74. The molecule has 0 spiro atoms. The highest BCUT2D eigenvalue weighted by Crippen LogP contribution is 2.36. The molecule has 0 fully saturated rings. The van der Waals surface area contributed by atoms with Gasteiger partial charge >= 0.3 is 0 Å². The Morgan fingerprint density at radius 1 is 1.54 bits per heavy atom. The number of rotatable bonds is 3. The molecule has 1 unspecified atom stereocenters. The van der Waals surface area contributed by atoms with Crippen molar-refractivity contribution in [1.29, 1.82) is 0 Å². The fourth-order valence-corrected chi connectivity index (χ4v) is 2.99. The third-order valence-electron chi connectivity index (χ3n) is 4.00. The number of benzene rings is 1. The van der Waals surface area contributed by atoms with Gasteiger partial charge in [-0.1, -0.05) is 42.5 Å². The molecule has 124 valence electrons. The maximum Gasteiger partial charge on any atom is 0.266 e. The van der Waals surface area contributed by atoms with Crippen molar-refractivity contribution in [3.8, 4) is 0 Å². The molecule has 0 saturated heterocycles. The number of amides is 1. The van der Waals surface area contributed by atoms with Crippen molar-refractivity contribution < 1.29 is 4.79 Å². The summed E-state index contributed by atoms with van der Waals surface area (Å²) in [5, 5.41) is 3.78. The summed E-state index contributed by atoms with van der Waals surface area (Å²) in [7, 11) is 0. The van der Waals surface area contributed by atoms with Gasteiger partial charge in [-0.15, -0.1) is 0 Å². The van der Waals surface area contributed by atoms with Crippen LogP contribution in [0.25, 0.3) is 0 Å². The Hall–Kier alpha value is -2.37. The van der Waals surface area contributed by atoms with Crippen LogP contribution < -0.4 is 16.0 Å². The molecule has 0 bridgehead atoms. The van der Waals surface area contributed by atoms with Gasteiger partial charge < -0.3 is 16.0 Å². The molecular weight excluding hydrogens is 324 g/mol. The zero-order valence-electron chi connectivity index (χ0n) is 13.4. The number of nitrogens with zero attached hydrogens (tertiary/aromatic N) is 2. The molecule has 0 aliphatic carbocycles. The van der Waals surface area contributed by atoms with Crippen molar-refractivity contribution in [2.24, 2.45) is 10.7 Å². The predicted octanol–water partition coefficient (Wildman–Crippen LogP) is 2.79. The van der Waals surface area contributed by atoms with Crippen molar-refractivity contribution in [2.45, 2.75) is 13.1 Å². The third kappa shape index (κ3) is 3.00. The smallest absolute Gasteiger partial charge is 0.266 e. The quantitative estimate of drug-likeness (QED) is 0.830. The fourth-order valence-electron chi connectivity index (χ4n) is 2.92. The summed E-state index contributed by atoms with van der Waals surface area (Å²) in [4.78, 5) is 18.8. The first kappa shape index (κ1) is 16.5. The molecular formula is C18H19ClN4O. The van der Waals surface area contributed by atoms with E-state index >= 15 is 0 Å². The number of anilines is 2. The highest BCUT2D eigenvalue weighted by Gasteiger charge is 2.33. The van der Waals surface area contributed by atoms with Crippen LogP contribution >= 0.6 is 11.6 Å². The Balaban J connectivity index is 2.13. The number of para-hydroxylation sites is 1. The average molecular weight is 343 g/mol. The van der Waals surface area contributed by atoms with Crippen LogP contribution in [0.4, 0.5) is 11.4 Å². The second-order valence-electron chi connectivity index (χ2n) is 5.70. The van der Waals surface area contributed by atoms with Gasteiger partial charge in [-0.2, -0.15) is 0 Å². The van der Waals surface area contributed by atoms with Gasteiger partial charge in [0.1, 0.15) is 0 Å². The van der Waals surface area contributed by atoms with Gasteiger partial charge in [0, 0.05) is 23.7 Å². The number of hydrogen-bond acceptors (Lipinski definition) is 4. The van der Waals surface area contributed by atoms with Crippen LogP contribution in [-0.2, 0) is 4.79 Å². The molecule has 2 aliphatic rings. The number of nitrogens with two attached hydrogens (primary N) is 1. The van der Waals surface area contributed by atoms with Crippen LogP contribution in [0.5, 0.6) is 0 Å². The lowest BCUT2D eigenvalue weighted by Crippen LogP contribution is -2.46. The minimum atomic E-state index is -0.909. The summed E-state index contributed by atoms with van der Waals surface area (Å²) in [5.41, 5.74) is 10.3. The van der Waals surface area contributed by atoms with Gasteiger partial charge in [0.05, 0.1) is 17.1 Å². The van der Waals surface area contributed by atoms with E-state index in [0.29, 0.717) is 23.8 Å². The summed E-state index contributed by atoms with van der Waals surface area (Å²) < 4.78 is 0. The van der Waals surface area contributed by atoms with Crippen LogP contribution in [0.1, 0.15) is 12.5 Å². The van der Waals surface area contributed by atoms with E-state index in [4.69, 9.17) is 17.3 Å². The minimum Gasteiger partial charge on any atom is -0.382 e. The van der Waals surface area contributed by atoms with Gasteiger partial charge in [-0.25, -0.2) is 0 Å². The number of aliphatic imine (C=N–C) groups is 1. The number of carbonyl (C=O) groups excluding carboxylic acids is 1. The summed E-state index contributed by atoms with van der Waals surface area (Å²) in [6.07, 6.45) is 4.47.